The van der Waals surface area contributed by atoms with Crippen LogP contribution in [0.3, 0.4) is 0 Å². The SMILES string of the molecule is CCC(C)c1ccc(S(=O)(=O)N(C)Cc2nccn2C(F)F)cc1. The molecule has 132 valence electrons. The Hall–Kier alpha value is -1.80. The molecule has 0 radical (unpaired) electrons. The minimum atomic E-state index is -3.77. The zero-order valence-corrected chi connectivity index (χ0v) is 14.7. The number of aromatic nitrogens is 2. The maximum Gasteiger partial charge on any atom is 0.319 e. The lowest BCUT2D eigenvalue weighted by Crippen LogP contribution is -2.28. The quantitative estimate of drug-likeness (QED) is 0.761. The summed E-state index contributed by atoms with van der Waals surface area (Å²) in [4.78, 5) is 3.94. The molecule has 1 unspecified atom stereocenters. The molecule has 8 heteroatoms. The van der Waals surface area contributed by atoms with E-state index in [0.29, 0.717) is 10.5 Å². The summed E-state index contributed by atoms with van der Waals surface area (Å²) in [5.41, 5.74) is 1.06. The van der Waals surface area contributed by atoms with Crippen LogP contribution >= 0.6 is 0 Å². The van der Waals surface area contributed by atoms with Gasteiger partial charge in [-0.05, 0) is 30.0 Å². The summed E-state index contributed by atoms with van der Waals surface area (Å²) in [6.07, 6.45) is 3.31. The van der Waals surface area contributed by atoms with Gasteiger partial charge in [0, 0.05) is 19.4 Å². The second-order valence-corrected chi connectivity index (χ2v) is 7.71. The van der Waals surface area contributed by atoms with Crippen molar-refractivity contribution in [3.63, 3.8) is 0 Å². The number of hydrogen-bond donors (Lipinski definition) is 0. The minimum absolute atomic E-state index is 0.00713. The average molecular weight is 357 g/mol. The van der Waals surface area contributed by atoms with Crippen molar-refractivity contribution in [1.29, 1.82) is 0 Å². The van der Waals surface area contributed by atoms with Crippen LogP contribution in [0, 0.1) is 0 Å². The van der Waals surface area contributed by atoms with Crippen molar-refractivity contribution < 1.29 is 17.2 Å². The average Bonchev–Trinajstić information content (AvgIpc) is 3.02. The lowest BCUT2D eigenvalue weighted by Gasteiger charge is -2.18. The summed E-state index contributed by atoms with van der Waals surface area (Å²) in [6.45, 7) is 1.15. The van der Waals surface area contributed by atoms with Crippen LogP contribution in [0.5, 0.6) is 0 Å². The minimum Gasteiger partial charge on any atom is -0.277 e. The Labute approximate surface area is 141 Å². The number of sulfonamides is 1. The number of nitrogens with zero attached hydrogens (tertiary/aromatic N) is 3. The summed E-state index contributed by atoms with van der Waals surface area (Å²) in [6, 6.07) is 6.67. The van der Waals surface area contributed by atoms with E-state index in [1.54, 1.807) is 24.3 Å². The number of alkyl halides is 2. The Morgan fingerprint density at radius 3 is 2.42 bits per heavy atom. The van der Waals surface area contributed by atoms with E-state index in [9.17, 15) is 17.2 Å². The van der Waals surface area contributed by atoms with Crippen molar-refractivity contribution >= 4 is 10.0 Å². The molecule has 1 heterocycles. The number of halogens is 2. The van der Waals surface area contributed by atoms with E-state index in [1.807, 2.05) is 0 Å². The summed E-state index contributed by atoms with van der Waals surface area (Å²) >= 11 is 0. The first-order valence-corrected chi connectivity index (χ1v) is 9.07. The van der Waals surface area contributed by atoms with E-state index in [2.05, 4.69) is 18.8 Å². The van der Waals surface area contributed by atoms with Crippen LogP contribution < -0.4 is 0 Å². The predicted molar refractivity (Wildman–Crippen MR) is 87.3 cm³/mol. The molecule has 0 N–H and O–H groups in total. The molecule has 2 rings (SSSR count). The fourth-order valence-electron chi connectivity index (χ4n) is 2.31. The molecule has 0 amide bonds. The normalized spacial score (nSPS) is 13.6. The molecule has 0 aliphatic carbocycles. The van der Waals surface area contributed by atoms with E-state index in [4.69, 9.17) is 0 Å². The molecule has 0 fully saturated rings. The first-order chi connectivity index (χ1) is 11.3. The first-order valence-electron chi connectivity index (χ1n) is 7.63. The monoisotopic (exact) mass is 357 g/mol. The van der Waals surface area contributed by atoms with Crippen LogP contribution in [0.2, 0.25) is 0 Å². The van der Waals surface area contributed by atoms with Crippen LogP contribution in [0.25, 0.3) is 0 Å². The highest BCUT2D eigenvalue weighted by atomic mass is 32.2. The van der Waals surface area contributed by atoms with Crippen molar-refractivity contribution in [2.45, 2.75) is 44.2 Å². The van der Waals surface area contributed by atoms with Gasteiger partial charge < -0.3 is 0 Å². The molecule has 1 atom stereocenters. The smallest absolute Gasteiger partial charge is 0.277 e. The lowest BCUT2D eigenvalue weighted by molar-refractivity contribution is 0.0658. The second-order valence-electron chi connectivity index (χ2n) is 5.67. The van der Waals surface area contributed by atoms with Crippen molar-refractivity contribution in [2.75, 3.05) is 7.05 Å². The van der Waals surface area contributed by atoms with Gasteiger partial charge in [0.05, 0.1) is 11.4 Å². The Bertz CT molecular complexity index is 773. The standard InChI is InChI=1S/C16H21F2N3O2S/c1-4-12(2)13-5-7-14(8-6-13)24(22,23)20(3)11-15-19-9-10-21(15)16(17)18/h5-10,12,16H,4,11H2,1-3H3. The topological polar surface area (TPSA) is 55.2 Å². The van der Waals surface area contributed by atoms with Gasteiger partial charge in [-0.2, -0.15) is 13.1 Å². The van der Waals surface area contributed by atoms with E-state index in [-0.39, 0.29) is 17.3 Å². The van der Waals surface area contributed by atoms with E-state index < -0.39 is 16.6 Å². The van der Waals surface area contributed by atoms with Crippen molar-refractivity contribution in [2.24, 2.45) is 0 Å². The molecule has 1 aromatic heterocycles. The molecule has 0 spiro atoms. The van der Waals surface area contributed by atoms with Crippen molar-refractivity contribution in [1.82, 2.24) is 13.9 Å². The van der Waals surface area contributed by atoms with Crippen molar-refractivity contribution in [3.8, 4) is 0 Å². The van der Waals surface area contributed by atoms with Gasteiger partial charge in [-0.1, -0.05) is 26.0 Å². The molecule has 0 saturated heterocycles. The summed E-state index contributed by atoms with van der Waals surface area (Å²) in [5.74, 6) is 0.338. The van der Waals surface area contributed by atoms with Crippen LogP contribution in [0.1, 0.15) is 44.1 Å². The Kier molecular flexibility index (Phi) is 5.71. The number of imidazole rings is 1. The molecule has 1 aromatic carbocycles. The van der Waals surface area contributed by atoms with E-state index in [1.165, 1.54) is 13.2 Å². The van der Waals surface area contributed by atoms with Crippen LogP contribution in [-0.4, -0.2) is 29.3 Å². The maximum atomic E-state index is 12.8. The third-order valence-electron chi connectivity index (χ3n) is 4.09. The molecule has 0 bridgehead atoms. The molecule has 2 aromatic rings. The third kappa shape index (κ3) is 3.81. The van der Waals surface area contributed by atoms with E-state index in [0.717, 1.165) is 22.5 Å². The summed E-state index contributed by atoms with van der Waals surface area (Å²) < 4.78 is 52.5. The lowest BCUT2D eigenvalue weighted by atomic mass is 9.99. The number of hydrogen-bond acceptors (Lipinski definition) is 3. The van der Waals surface area contributed by atoms with Gasteiger partial charge in [0.2, 0.25) is 10.0 Å². The highest BCUT2D eigenvalue weighted by Crippen LogP contribution is 2.23. The van der Waals surface area contributed by atoms with Crippen LogP contribution in [0.15, 0.2) is 41.6 Å². The predicted octanol–water partition coefficient (Wildman–Crippen LogP) is 3.61. The number of rotatable bonds is 7. The van der Waals surface area contributed by atoms with E-state index >= 15 is 0 Å². The van der Waals surface area contributed by atoms with Gasteiger partial charge in [-0.15, -0.1) is 0 Å². The van der Waals surface area contributed by atoms with Crippen LogP contribution in [-0.2, 0) is 16.6 Å². The molecule has 5 nitrogen and oxygen atoms in total. The molecule has 24 heavy (non-hydrogen) atoms. The van der Waals surface area contributed by atoms with Gasteiger partial charge in [-0.3, -0.25) is 4.57 Å². The van der Waals surface area contributed by atoms with Gasteiger partial charge in [0.25, 0.3) is 0 Å². The summed E-state index contributed by atoms with van der Waals surface area (Å²) in [7, 11) is -2.42. The van der Waals surface area contributed by atoms with Gasteiger partial charge in [0.1, 0.15) is 5.82 Å². The molecular formula is C16H21F2N3O2S. The number of benzene rings is 1. The van der Waals surface area contributed by atoms with Crippen LogP contribution in [0.4, 0.5) is 8.78 Å². The zero-order chi connectivity index (χ0) is 17.9. The zero-order valence-electron chi connectivity index (χ0n) is 13.9. The molecule has 0 aliphatic rings. The highest BCUT2D eigenvalue weighted by Gasteiger charge is 2.23. The maximum absolute atomic E-state index is 12.8. The largest absolute Gasteiger partial charge is 0.319 e. The molecule has 0 saturated carbocycles. The molecule has 0 aliphatic heterocycles. The first kappa shape index (κ1) is 18.5. The fourth-order valence-corrected chi connectivity index (χ4v) is 3.44. The Balaban J connectivity index is 2.21. The Morgan fingerprint density at radius 2 is 1.88 bits per heavy atom. The Morgan fingerprint density at radius 1 is 1.25 bits per heavy atom. The van der Waals surface area contributed by atoms with Gasteiger partial charge in [-0.25, -0.2) is 13.4 Å². The molecular weight excluding hydrogens is 336 g/mol. The van der Waals surface area contributed by atoms with Gasteiger partial charge >= 0.3 is 6.55 Å². The summed E-state index contributed by atoms with van der Waals surface area (Å²) in [5, 5.41) is 0. The fraction of sp³-hybridized carbons (Fsp3) is 0.438. The second kappa shape index (κ2) is 7.40. The highest BCUT2D eigenvalue weighted by molar-refractivity contribution is 7.89. The van der Waals surface area contributed by atoms with Gasteiger partial charge in [0.15, 0.2) is 0 Å². The third-order valence-corrected chi connectivity index (χ3v) is 5.91. The van der Waals surface area contributed by atoms with Crippen molar-refractivity contribution in [3.05, 3.63) is 48.0 Å².